The molecule has 0 saturated heterocycles. The molecule has 4 aromatic rings. The first kappa shape index (κ1) is 21.0. The summed E-state index contributed by atoms with van der Waals surface area (Å²) in [7, 11) is 1.98. The van der Waals surface area contributed by atoms with E-state index in [4.69, 9.17) is 0 Å². The predicted octanol–water partition coefficient (Wildman–Crippen LogP) is 5.12. The van der Waals surface area contributed by atoms with Crippen molar-refractivity contribution < 1.29 is 4.79 Å². The van der Waals surface area contributed by atoms with Gasteiger partial charge in [-0.15, -0.1) is 11.3 Å². The zero-order chi connectivity index (χ0) is 21.8. The molecule has 0 radical (unpaired) electrons. The van der Waals surface area contributed by atoms with Gasteiger partial charge in [0.25, 0.3) is 0 Å². The first-order valence-corrected chi connectivity index (χ1v) is 11.2. The highest BCUT2D eigenvalue weighted by atomic mass is 32.1. The van der Waals surface area contributed by atoms with Gasteiger partial charge in [0.2, 0.25) is 5.91 Å². The van der Waals surface area contributed by atoms with Crippen molar-refractivity contribution in [2.75, 3.05) is 18.5 Å². The van der Waals surface area contributed by atoms with Crippen LogP contribution < -0.4 is 10.2 Å². The van der Waals surface area contributed by atoms with Crippen molar-refractivity contribution in [2.24, 2.45) is 0 Å². The topological polar surface area (TPSA) is 58.1 Å². The molecule has 1 N–H and O–H groups in total. The number of carbonyl (C=O) groups is 1. The molecule has 4 rings (SSSR count). The maximum Gasteiger partial charge on any atom is 0.222 e. The largest absolute Gasteiger partial charge is 0.359 e. The van der Waals surface area contributed by atoms with Crippen LogP contribution in [0, 0.1) is 13.8 Å². The molecule has 2 aromatic carbocycles. The number of nitrogens with one attached hydrogen (secondary N) is 1. The van der Waals surface area contributed by atoms with Gasteiger partial charge in [-0.25, -0.2) is 9.97 Å². The van der Waals surface area contributed by atoms with Gasteiger partial charge in [-0.2, -0.15) is 0 Å². The first-order chi connectivity index (χ1) is 15.0. The van der Waals surface area contributed by atoms with Crippen molar-refractivity contribution in [3.63, 3.8) is 0 Å². The van der Waals surface area contributed by atoms with Gasteiger partial charge in [0, 0.05) is 31.4 Å². The third-order valence-electron chi connectivity index (χ3n) is 5.19. The Hall–Kier alpha value is -3.25. The van der Waals surface area contributed by atoms with Gasteiger partial charge in [-0.05, 0) is 31.0 Å². The molecule has 0 aliphatic heterocycles. The molecule has 0 aliphatic carbocycles. The Morgan fingerprint density at radius 2 is 1.77 bits per heavy atom. The summed E-state index contributed by atoms with van der Waals surface area (Å²) in [5, 5.41) is 4.03. The Morgan fingerprint density at radius 3 is 2.52 bits per heavy atom. The van der Waals surface area contributed by atoms with Crippen LogP contribution in [0.4, 0.5) is 5.82 Å². The smallest absolute Gasteiger partial charge is 0.222 e. The molecule has 6 heteroatoms. The van der Waals surface area contributed by atoms with Crippen molar-refractivity contribution in [1.29, 1.82) is 0 Å². The monoisotopic (exact) mass is 430 g/mol. The number of amides is 1. The third-order valence-corrected chi connectivity index (χ3v) is 6.27. The minimum atomic E-state index is 0.0322. The lowest BCUT2D eigenvalue weighted by Gasteiger charge is -2.19. The van der Waals surface area contributed by atoms with Gasteiger partial charge < -0.3 is 10.2 Å². The standard InChI is InChI=1S/C25H26N4OS/c1-17-9-11-19(12-10-17)16-26-23(30)13-14-29(3)24-21-15-22(20-7-5-4-6-8-20)31-25(21)28-18(2)27-24/h4-12,15H,13-14,16H2,1-3H3,(H,26,30). The van der Waals surface area contributed by atoms with Crippen LogP contribution in [0.15, 0.2) is 60.7 Å². The zero-order valence-electron chi connectivity index (χ0n) is 18.1. The van der Waals surface area contributed by atoms with E-state index >= 15 is 0 Å². The van der Waals surface area contributed by atoms with Crippen LogP contribution in [0.5, 0.6) is 0 Å². The summed E-state index contributed by atoms with van der Waals surface area (Å²) < 4.78 is 0. The summed E-state index contributed by atoms with van der Waals surface area (Å²) in [6, 6.07) is 20.7. The second-order valence-corrected chi connectivity index (χ2v) is 8.75. The van der Waals surface area contributed by atoms with E-state index in [-0.39, 0.29) is 5.91 Å². The van der Waals surface area contributed by atoms with Gasteiger partial charge in [-0.1, -0.05) is 60.2 Å². The van der Waals surface area contributed by atoms with Crippen LogP contribution in [0.2, 0.25) is 0 Å². The van der Waals surface area contributed by atoms with Gasteiger partial charge in [0.1, 0.15) is 16.5 Å². The van der Waals surface area contributed by atoms with Gasteiger partial charge in [-0.3, -0.25) is 4.79 Å². The Morgan fingerprint density at radius 1 is 1.03 bits per heavy atom. The SMILES string of the molecule is Cc1ccc(CNC(=O)CCN(C)c2nc(C)nc3sc(-c4ccccc4)cc23)cc1. The lowest BCUT2D eigenvalue weighted by Crippen LogP contribution is -2.29. The molecule has 2 heterocycles. The van der Waals surface area contributed by atoms with E-state index in [0.717, 1.165) is 27.4 Å². The van der Waals surface area contributed by atoms with Crippen LogP contribution in [-0.4, -0.2) is 29.5 Å². The number of rotatable bonds is 7. The third kappa shape index (κ3) is 5.09. The number of carbonyl (C=O) groups excluding carboxylic acids is 1. The molecule has 158 valence electrons. The number of benzene rings is 2. The Bertz CT molecular complexity index is 1190. The number of aromatic nitrogens is 2. The fourth-order valence-electron chi connectivity index (χ4n) is 3.42. The molecule has 2 aromatic heterocycles. The highest BCUT2D eigenvalue weighted by Gasteiger charge is 2.15. The summed E-state index contributed by atoms with van der Waals surface area (Å²) in [4.78, 5) is 25.9. The van der Waals surface area contributed by atoms with E-state index in [0.29, 0.717) is 19.5 Å². The lowest BCUT2D eigenvalue weighted by atomic mass is 10.1. The Balaban J connectivity index is 1.44. The number of hydrogen-bond acceptors (Lipinski definition) is 5. The van der Waals surface area contributed by atoms with Gasteiger partial charge in [0.15, 0.2) is 0 Å². The van der Waals surface area contributed by atoms with Crippen LogP contribution in [0.3, 0.4) is 0 Å². The second-order valence-electron chi connectivity index (χ2n) is 7.72. The highest BCUT2D eigenvalue weighted by Crippen LogP contribution is 2.36. The number of aryl methyl sites for hydroxylation is 2. The van der Waals surface area contributed by atoms with E-state index in [1.165, 1.54) is 16.0 Å². The van der Waals surface area contributed by atoms with Crippen molar-refractivity contribution >= 4 is 33.3 Å². The van der Waals surface area contributed by atoms with Crippen LogP contribution in [-0.2, 0) is 11.3 Å². The summed E-state index contributed by atoms with van der Waals surface area (Å²) in [5.74, 6) is 1.64. The fraction of sp³-hybridized carbons (Fsp3) is 0.240. The molecule has 0 spiro atoms. The molecule has 0 unspecified atom stereocenters. The van der Waals surface area contributed by atoms with Crippen molar-refractivity contribution in [3.8, 4) is 10.4 Å². The summed E-state index contributed by atoms with van der Waals surface area (Å²) in [5.41, 5.74) is 3.49. The summed E-state index contributed by atoms with van der Waals surface area (Å²) >= 11 is 1.67. The number of fused-ring (bicyclic) bond motifs is 1. The molecule has 0 bridgehead atoms. The van der Waals surface area contributed by atoms with Crippen molar-refractivity contribution in [2.45, 2.75) is 26.8 Å². The molecular weight excluding hydrogens is 404 g/mol. The van der Waals surface area contributed by atoms with Crippen LogP contribution in [0.1, 0.15) is 23.4 Å². The Kier molecular flexibility index (Phi) is 6.28. The predicted molar refractivity (Wildman–Crippen MR) is 129 cm³/mol. The average Bonchev–Trinajstić information content (AvgIpc) is 3.21. The average molecular weight is 431 g/mol. The molecule has 1 amide bonds. The number of nitrogens with zero attached hydrogens (tertiary/aromatic N) is 3. The molecule has 5 nitrogen and oxygen atoms in total. The number of hydrogen-bond donors (Lipinski definition) is 1. The Labute approximate surface area is 186 Å². The zero-order valence-corrected chi connectivity index (χ0v) is 18.9. The molecular formula is C25H26N4OS. The van der Waals surface area contributed by atoms with E-state index in [9.17, 15) is 4.79 Å². The number of anilines is 1. The van der Waals surface area contributed by atoms with E-state index in [1.807, 2.05) is 49.2 Å². The van der Waals surface area contributed by atoms with E-state index in [2.05, 4.69) is 52.5 Å². The second kappa shape index (κ2) is 9.27. The normalized spacial score (nSPS) is 10.9. The van der Waals surface area contributed by atoms with E-state index < -0.39 is 0 Å². The minimum Gasteiger partial charge on any atom is -0.359 e. The molecule has 0 aliphatic rings. The van der Waals surface area contributed by atoms with Crippen molar-refractivity contribution in [1.82, 2.24) is 15.3 Å². The minimum absolute atomic E-state index is 0.0322. The maximum atomic E-state index is 12.4. The molecule has 31 heavy (non-hydrogen) atoms. The highest BCUT2D eigenvalue weighted by molar-refractivity contribution is 7.21. The molecule has 0 atom stereocenters. The van der Waals surface area contributed by atoms with Gasteiger partial charge >= 0.3 is 0 Å². The maximum absolute atomic E-state index is 12.4. The van der Waals surface area contributed by atoms with Crippen molar-refractivity contribution in [3.05, 3.63) is 77.6 Å². The summed E-state index contributed by atoms with van der Waals surface area (Å²) in [6.07, 6.45) is 0.405. The lowest BCUT2D eigenvalue weighted by molar-refractivity contribution is -0.121. The fourth-order valence-corrected chi connectivity index (χ4v) is 4.49. The first-order valence-electron chi connectivity index (χ1n) is 10.4. The van der Waals surface area contributed by atoms with Gasteiger partial charge in [0.05, 0.1) is 5.39 Å². The van der Waals surface area contributed by atoms with E-state index in [1.54, 1.807) is 11.3 Å². The quantitative estimate of drug-likeness (QED) is 0.442. The molecule has 0 saturated carbocycles. The molecule has 0 fully saturated rings. The summed E-state index contributed by atoms with van der Waals surface area (Å²) in [6.45, 7) is 5.10. The van der Waals surface area contributed by atoms with Crippen LogP contribution >= 0.6 is 11.3 Å². The van der Waals surface area contributed by atoms with Crippen LogP contribution in [0.25, 0.3) is 20.7 Å². The number of thiophene rings is 1.